The summed E-state index contributed by atoms with van der Waals surface area (Å²) in [6.45, 7) is 0. The Morgan fingerprint density at radius 1 is 1.16 bits per heavy atom. The van der Waals surface area contributed by atoms with Crippen LogP contribution in [0.2, 0.25) is 5.02 Å². The van der Waals surface area contributed by atoms with Gasteiger partial charge in [0.2, 0.25) is 0 Å². The van der Waals surface area contributed by atoms with Crippen molar-refractivity contribution in [3.05, 3.63) is 80.0 Å². The first-order valence-electron chi connectivity index (χ1n) is 7.06. The first-order chi connectivity index (χ1) is 12.0. The van der Waals surface area contributed by atoms with E-state index in [2.05, 4.69) is 21.2 Å². The maximum atomic E-state index is 12.3. The van der Waals surface area contributed by atoms with Gasteiger partial charge in [-0.2, -0.15) is 0 Å². The summed E-state index contributed by atoms with van der Waals surface area (Å²) in [7, 11) is 0. The fourth-order valence-electron chi connectivity index (χ4n) is 2.22. The van der Waals surface area contributed by atoms with E-state index in [1.807, 2.05) is 0 Å². The molecule has 0 bridgehead atoms. The minimum absolute atomic E-state index is 0.0205. The lowest BCUT2D eigenvalue weighted by Crippen LogP contribution is -2.11. The standard InChI is InChI=1S/C17H10BrClN2O4/c18-10-5-6-13(12(19)9-10)20-17(22)16-8-7-15(25-16)11-3-1-2-4-14(11)21(23)24/h1-9H,(H,20,22). The summed E-state index contributed by atoms with van der Waals surface area (Å²) < 4.78 is 6.27. The van der Waals surface area contributed by atoms with Gasteiger partial charge in [0.05, 0.1) is 21.2 Å². The molecule has 1 amide bonds. The van der Waals surface area contributed by atoms with E-state index in [-0.39, 0.29) is 17.2 Å². The molecule has 0 fully saturated rings. The normalized spacial score (nSPS) is 10.5. The molecule has 1 N–H and O–H groups in total. The number of furan rings is 1. The minimum atomic E-state index is -0.506. The van der Waals surface area contributed by atoms with Crippen LogP contribution in [0.4, 0.5) is 11.4 Å². The number of rotatable bonds is 4. The lowest BCUT2D eigenvalue weighted by atomic mass is 10.1. The number of hydrogen-bond acceptors (Lipinski definition) is 4. The number of nitro benzene ring substituents is 1. The number of halogens is 2. The van der Waals surface area contributed by atoms with Crippen molar-refractivity contribution < 1.29 is 14.1 Å². The van der Waals surface area contributed by atoms with Crippen LogP contribution in [0.25, 0.3) is 11.3 Å². The predicted octanol–water partition coefficient (Wildman–Crippen LogP) is 5.52. The number of nitro groups is 1. The molecule has 0 aliphatic carbocycles. The zero-order valence-electron chi connectivity index (χ0n) is 12.5. The first kappa shape index (κ1) is 17.2. The number of nitrogens with zero attached hydrogens (tertiary/aromatic N) is 1. The molecule has 1 aromatic heterocycles. The molecule has 8 heteroatoms. The third kappa shape index (κ3) is 3.72. The van der Waals surface area contributed by atoms with E-state index in [9.17, 15) is 14.9 Å². The van der Waals surface area contributed by atoms with E-state index in [1.165, 1.54) is 18.2 Å². The Morgan fingerprint density at radius 2 is 1.92 bits per heavy atom. The van der Waals surface area contributed by atoms with Gasteiger partial charge in [0.25, 0.3) is 11.6 Å². The smallest absolute Gasteiger partial charge is 0.291 e. The molecule has 0 radical (unpaired) electrons. The monoisotopic (exact) mass is 420 g/mol. The fraction of sp³-hybridized carbons (Fsp3) is 0. The number of anilines is 1. The van der Waals surface area contributed by atoms with Gasteiger partial charge >= 0.3 is 0 Å². The highest BCUT2D eigenvalue weighted by Gasteiger charge is 2.19. The molecule has 6 nitrogen and oxygen atoms in total. The molecule has 0 aliphatic rings. The molecule has 0 aliphatic heterocycles. The Morgan fingerprint density at radius 3 is 2.64 bits per heavy atom. The van der Waals surface area contributed by atoms with Crippen LogP contribution >= 0.6 is 27.5 Å². The van der Waals surface area contributed by atoms with Gasteiger partial charge in [-0.1, -0.05) is 39.7 Å². The summed E-state index contributed by atoms with van der Waals surface area (Å²) in [6.07, 6.45) is 0. The van der Waals surface area contributed by atoms with Crippen molar-refractivity contribution in [2.24, 2.45) is 0 Å². The van der Waals surface area contributed by atoms with E-state index in [4.69, 9.17) is 16.0 Å². The fourth-order valence-corrected chi connectivity index (χ4v) is 2.94. The van der Waals surface area contributed by atoms with E-state index in [0.717, 1.165) is 4.47 Å². The second-order valence-electron chi connectivity index (χ2n) is 5.02. The van der Waals surface area contributed by atoms with Gasteiger partial charge in [-0.15, -0.1) is 0 Å². The quantitative estimate of drug-likeness (QED) is 0.444. The summed E-state index contributed by atoms with van der Waals surface area (Å²) in [5.74, 6) is -0.249. The van der Waals surface area contributed by atoms with Gasteiger partial charge in [0.1, 0.15) is 5.76 Å². The van der Waals surface area contributed by atoms with Crippen LogP contribution in [0.15, 0.2) is 63.5 Å². The van der Waals surface area contributed by atoms with Crippen LogP contribution in [-0.2, 0) is 0 Å². The Hall–Kier alpha value is -2.64. The minimum Gasteiger partial charge on any atom is -0.451 e. The summed E-state index contributed by atoms with van der Waals surface area (Å²) >= 11 is 9.35. The van der Waals surface area contributed by atoms with Crippen molar-refractivity contribution in [1.29, 1.82) is 0 Å². The van der Waals surface area contributed by atoms with Crippen LogP contribution in [0, 0.1) is 10.1 Å². The third-order valence-corrected chi connectivity index (χ3v) is 4.18. The molecule has 3 aromatic rings. The molecule has 0 unspecified atom stereocenters. The van der Waals surface area contributed by atoms with Crippen molar-refractivity contribution in [1.82, 2.24) is 0 Å². The number of amides is 1. The molecule has 1 heterocycles. The van der Waals surface area contributed by atoms with Gasteiger partial charge in [-0.05, 0) is 36.4 Å². The highest BCUT2D eigenvalue weighted by molar-refractivity contribution is 9.10. The largest absolute Gasteiger partial charge is 0.451 e. The summed E-state index contributed by atoms with van der Waals surface area (Å²) in [4.78, 5) is 22.9. The van der Waals surface area contributed by atoms with Crippen molar-refractivity contribution in [3.8, 4) is 11.3 Å². The van der Waals surface area contributed by atoms with Crippen molar-refractivity contribution in [3.63, 3.8) is 0 Å². The lowest BCUT2D eigenvalue weighted by Gasteiger charge is -2.06. The van der Waals surface area contributed by atoms with E-state index >= 15 is 0 Å². The number of hydrogen-bond donors (Lipinski definition) is 1. The molecule has 0 saturated heterocycles. The van der Waals surface area contributed by atoms with Crippen molar-refractivity contribution >= 4 is 44.8 Å². The van der Waals surface area contributed by atoms with Crippen molar-refractivity contribution in [2.45, 2.75) is 0 Å². The molecule has 2 aromatic carbocycles. The average molecular weight is 422 g/mol. The van der Waals surface area contributed by atoms with Crippen LogP contribution in [0.3, 0.4) is 0 Å². The number of nitrogens with one attached hydrogen (secondary N) is 1. The number of carbonyl (C=O) groups excluding carboxylic acids is 1. The summed E-state index contributed by atoms with van der Waals surface area (Å²) in [5, 5.41) is 14.1. The van der Waals surface area contributed by atoms with Gasteiger partial charge in [-0.3, -0.25) is 14.9 Å². The van der Waals surface area contributed by atoms with Crippen LogP contribution in [0.1, 0.15) is 10.6 Å². The van der Waals surface area contributed by atoms with E-state index in [0.29, 0.717) is 16.3 Å². The Bertz CT molecular complexity index is 971. The molecular weight excluding hydrogens is 412 g/mol. The molecule has 0 atom stereocenters. The van der Waals surface area contributed by atoms with Crippen LogP contribution < -0.4 is 5.32 Å². The molecule has 126 valence electrons. The van der Waals surface area contributed by atoms with Gasteiger partial charge in [0, 0.05) is 10.5 Å². The van der Waals surface area contributed by atoms with Crippen LogP contribution in [-0.4, -0.2) is 10.8 Å². The highest BCUT2D eigenvalue weighted by atomic mass is 79.9. The number of benzene rings is 2. The maximum Gasteiger partial charge on any atom is 0.291 e. The van der Waals surface area contributed by atoms with Crippen LogP contribution in [0.5, 0.6) is 0 Å². The van der Waals surface area contributed by atoms with E-state index in [1.54, 1.807) is 36.4 Å². The highest BCUT2D eigenvalue weighted by Crippen LogP contribution is 2.31. The van der Waals surface area contributed by atoms with Gasteiger partial charge < -0.3 is 9.73 Å². The summed E-state index contributed by atoms with van der Waals surface area (Å²) in [6, 6.07) is 14.2. The second-order valence-corrected chi connectivity index (χ2v) is 6.34. The number of para-hydroxylation sites is 1. The second kappa shape index (κ2) is 7.08. The van der Waals surface area contributed by atoms with Gasteiger partial charge in [0.15, 0.2) is 5.76 Å². The maximum absolute atomic E-state index is 12.3. The Labute approximate surface area is 155 Å². The summed E-state index contributed by atoms with van der Waals surface area (Å²) in [5.41, 5.74) is 0.631. The Kier molecular flexibility index (Phi) is 4.87. The first-order valence-corrected chi connectivity index (χ1v) is 8.23. The Balaban J connectivity index is 1.86. The zero-order chi connectivity index (χ0) is 18.0. The lowest BCUT2D eigenvalue weighted by molar-refractivity contribution is -0.384. The zero-order valence-corrected chi connectivity index (χ0v) is 14.9. The molecule has 3 rings (SSSR count). The average Bonchev–Trinajstić information content (AvgIpc) is 3.07. The molecular formula is C17H10BrClN2O4. The van der Waals surface area contributed by atoms with E-state index < -0.39 is 10.8 Å². The number of carbonyl (C=O) groups is 1. The molecule has 0 spiro atoms. The SMILES string of the molecule is O=C(Nc1ccc(Br)cc1Cl)c1ccc(-c2ccccc2[N+](=O)[O-])o1. The van der Waals surface area contributed by atoms with Gasteiger partial charge in [-0.25, -0.2) is 0 Å². The predicted molar refractivity (Wildman–Crippen MR) is 97.9 cm³/mol. The third-order valence-electron chi connectivity index (χ3n) is 3.38. The molecule has 25 heavy (non-hydrogen) atoms. The topological polar surface area (TPSA) is 85.4 Å². The van der Waals surface area contributed by atoms with Crippen molar-refractivity contribution in [2.75, 3.05) is 5.32 Å². The molecule has 0 saturated carbocycles.